The molecule has 0 spiro atoms. The van der Waals surface area contributed by atoms with Crippen molar-refractivity contribution >= 4 is 61.7 Å². The number of sulfonamides is 1. The summed E-state index contributed by atoms with van der Waals surface area (Å²) in [6, 6.07) is 14.0. The first-order chi connectivity index (χ1) is 18.1. The summed E-state index contributed by atoms with van der Waals surface area (Å²) in [6.07, 6.45) is 5.26. The highest BCUT2D eigenvalue weighted by Gasteiger charge is 2.27. The van der Waals surface area contributed by atoms with E-state index < -0.39 is 22.5 Å². The van der Waals surface area contributed by atoms with Crippen molar-refractivity contribution in [3.05, 3.63) is 82.6 Å². The number of aromatic nitrogens is 2. The van der Waals surface area contributed by atoms with E-state index in [-0.39, 0.29) is 32.6 Å². The average Bonchev–Trinajstić information content (AvgIpc) is 3.58. The number of halogens is 2. The van der Waals surface area contributed by atoms with E-state index in [0.717, 1.165) is 17.3 Å². The number of nitrogens with zero attached hydrogens (tertiary/aromatic N) is 3. The van der Waals surface area contributed by atoms with Gasteiger partial charge in [-0.25, -0.2) is 10.4 Å². The van der Waals surface area contributed by atoms with Crippen LogP contribution in [0.1, 0.15) is 23.2 Å². The minimum atomic E-state index is -4.30. The van der Waals surface area contributed by atoms with Gasteiger partial charge in [0.25, 0.3) is 15.9 Å². The van der Waals surface area contributed by atoms with Crippen molar-refractivity contribution in [1.82, 2.24) is 20.3 Å². The number of aliphatic carboxylic acids is 1. The van der Waals surface area contributed by atoms with Crippen molar-refractivity contribution < 1.29 is 23.1 Å². The molecule has 0 radical (unpaired) electrons. The van der Waals surface area contributed by atoms with E-state index in [1.54, 1.807) is 47.3 Å². The van der Waals surface area contributed by atoms with Gasteiger partial charge in [0.05, 0.1) is 16.1 Å². The number of carbonyl (C=O) groups excluding carboxylic acids is 1. The third-order valence-electron chi connectivity index (χ3n) is 5.82. The molecule has 1 fully saturated rings. The van der Waals surface area contributed by atoms with E-state index in [4.69, 9.17) is 23.2 Å². The van der Waals surface area contributed by atoms with Gasteiger partial charge in [0.15, 0.2) is 0 Å². The molecule has 4 aromatic rings. The third kappa shape index (κ3) is 5.46. The number of rotatable bonds is 9. The molecule has 1 aliphatic rings. The van der Waals surface area contributed by atoms with E-state index in [1.807, 2.05) is 0 Å². The number of carboxylic acids is 1. The zero-order valence-corrected chi connectivity index (χ0v) is 22.0. The first-order valence-electron chi connectivity index (χ1n) is 11.5. The van der Waals surface area contributed by atoms with E-state index in [2.05, 4.69) is 15.7 Å². The molecule has 1 aliphatic carbocycles. The van der Waals surface area contributed by atoms with Crippen LogP contribution in [0.4, 0.5) is 5.69 Å². The lowest BCUT2D eigenvalue weighted by Crippen LogP contribution is -2.45. The molecule has 38 heavy (non-hydrogen) atoms. The summed E-state index contributed by atoms with van der Waals surface area (Å²) in [6.45, 7) is -0.661. The average molecular weight is 574 g/mol. The van der Waals surface area contributed by atoms with Crippen LogP contribution in [-0.2, 0) is 14.8 Å². The fraction of sp³-hybridized carbons (Fsp3) is 0.160. The lowest BCUT2D eigenvalue weighted by Gasteiger charge is -2.24. The number of hydrogen-bond acceptors (Lipinski definition) is 6. The quantitative estimate of drug-likeness (QED) is 0.257. The van der Waals surface area contributed by atoms with Crippen LogP contribution in [0.15, 0.2) is 71.9 Å². The second kappa shape index (κ2) is 10.3. The highest BCUT2D eigenvalue weighted by molar-refractivity contribution is 7.92. The standard InChI is InChI=1S/C25H21Cl2N5O5S/c26-17-11-18(27)13-21(12-17)38(36,37)32(29-14-24(33)34)20-3-4-22-15(9-20)6-8-31(22)23-10-16(5-7-28-23)25(35)30-19-1-2-19/h3-13,19,29H,1-2,14H2,(H,30,35)(H,33,34). The Morgan fingerprint density at radius 3 is 2.47 bits per heavy atom. The molecular weight excluding hydrogens is 553 g/mol. The highest BCUT2D eigenvalue weighted by atomic mass is 35.5. The van der Waals surface area contributed by atoms with Crippen molar-refractivity contribution in [3.63, 3.8) is 0 Å². The van der Waals surface area contributed by atoms with Crippen LogP contribution in [-0.4, -0.2) is 47.5 Å². The van der Waals surface area contributed by atoms with Crippen LogP contribution in [0.5, 0.6) is 0 Å². The maximum Gasteiger partial charge on any atom is 0.319 e. The summed E-state index contributed by atoms with van der Waals surface area (Å²) in [4.78, 5) is 27.9. The number of nitrogens with one attached hydrogen (secondary N) is 2. The monoisotopic (exact) mass is 573 g/mol. The van der Waals surface area contributed by atoms with Crippen LogP contribution < -0.4 is 15.2 Å². The molecule has 13 heteroatoms. The molecule has 2 aromatic carbocycles. The number of amides is 1. The smallest absolute Gasteiger partial charge is 0.319 e. The number of hydrogen-bond donors (Lipinski definition) is 3. The van der Waals surface area contributed by atoms with Gasteiger partial charge >= 0.3 is 5.97 Å². The Morgan fingerprint density at radius 2 is 1.79 bits per heavy atom. The van der Waals surface area contributed by atoms with E-state index in [0.29, 0.717) is 22.3 Å². The molecule has 5 rings (SSSR count). The Kier molecular flexibility index (Phi) is 7.01. The lowest BCUT2D eigenvalue weighted by molar-refractivity contribution is -0.135. The molecule has 10 nitrogen and oxygen atoms in total. The number of fused-ring (bicyclic) bond motifs is 1. The Morgan fingerprint density at radius 1 is 1.05 bits per heavy atom. The zero-order valence-electron chi connectivity index (χ0n) is 19.6. The summed E-state index contributed by atoms with van der Waals surface area (Å²) in [7, 11) is -4.30. The van der Waals surface area contributed by atoms with Crippen molar-refractivity contribution in [2.75, 3.05) is 11.0 Å². The third-order valence-corrected chi connectivity index (χ3v) is 7.91. The lowest BCUT2D eigenvalue weighted by atomic mass is 10.2. The first kappa shape index (κ1) is 26.0. The molecule has 1 saturated carbocycles. The largest absolute Gasteiger partial charge is 0.480 e. The molecule has 3 N–H and O–H groups in total. The van der Waals surface area contributed by atoms with Gasteiger partial charge in [0, 0.05) is 39.4 Å². The molecule has 1 amide bonds. The van der Waals surface area contributed by atoms with Crippen molar-refractivity contribution in [3.8, 4) is 5.82 Å². The highest BCUT2D eigenvalue weighted by Crippen LogP contribution is 2.30. The van der Waals surface area contributed by atoms with Gasteiger partial charge in [-0.15, -0.1) is 0 Å². The molecular formula is C25H21Cl2N5O5S. The van der Waals surface area contributed by atoms with Gasteiger partial charge in [-0.05, 0) is 67.4 Å². The molecule has 0 atom stereocenters. The van der Waals surface area contributed by atoms with Crippen LogP contribution in [0.25, 0.3) is 16.7 Å². The van der Waals surface area contributed by atoms with Crippen molar-refractivity contribution in [2.45, 2.75) is 23.8 Å². The number of benzene rings is 2. The molecule has 2 aromatic heterocycles. The van der Waals surface area contributed by atoms with E-state index in [1.165, 1.54) is 24.3 Å². The van der Waals surface area contributed by atoms with Crippen LogP contribution in [0.3, 0.4) is 0 Å². The van der Waals surface area contributed by atoms with Gasteiger partial charge in [-0.1, -0.05) is 23.2 Å². The van der Waals surface area contributed by atoms with E-state index in [9.17, 15) is 23.1 Å². The Balaban J connectivity index is 1.51. The molecule has 0 saturated heterocycles. The number of pyridine rings is 1. The molecule has 2 heterocycles. The number of hydrazine groups is 1. The SMILES string of the molecule is O=C(O)CNN(c1ccc2c(ccn2-c2cc(C(=O)NC3CC3)ccn2)c1)S(=O)(=O)c1cc(Cl)cc(Cl)c1. The second-order valence-electron chi connectivity index (χ2n) is 8.68. The number of carbonyl (C=O) groups is 2. The maximum absolute atomic E-state index is 13.5. The van der Waals surface area contributed by atoms with Gasteiger partial charge in [0.2, 0.25) is 0 Å². The van der Waals surface area contributed by atoms with Crippen LogP contribution in [0, 0.1) is 0 Å². The van der Waals surface area contributed by atoms with Gasteiger partial charge in [-0.2, -0.15) is 12.8 Å². The Labute approximate surface area is 227 Å². The van der Waals surface area contributed by atoms with Crippen LogP contribution >= 0.6 is 23.2 Å². The predicted molar refractivity (Wildman–Crippen MR) is 143 cm³/mol. The molecule has 0 aliphatic heterocycles. The number of anilines is 1. The summed E-state index contributed by atoms with van der Waals surface area (Å²) >= 11 is 12.0. The summed E-state index contributed by atoms with van der Waals surface area (Å²) in [5.41, 5.74) is 3.80. The minimum Gasteiger partial charge on any atom is -0.480 e. The first-order valence-corrected chi connectivity index (χ1v) is 13.7. The summed E-state index contributed by atoms with van der Waals surface area (Å²) in [5, 5.41) is 13.0. The van der Waals surface area contributed by atoms with Crippen LogP contribution in [0.2, 0.25) is 10.0 Å². The van der Waals surface area contributed by atoms with E-state index >= 15 is 0 Å². The summed E-state index contributed by atoms with van der Waals surface area (Å²) < 4.78 is 29.5. The fourth-order valence-electron chi connectivity index (χ4n) is 3.88. The molecule has 0 bridgehead atoms. The predicted octanol–water partition coefficient (Wildman–Crippen LogP) is 4.01. The van der Waals surface area contributed by atoms with Gasteiger partial charge in [0.1, 0.15) is 12.4 Å². The number of carboxylic acid groups (broad SMARTS) is 1. The molecule has 196 valence electrons. The fourth-order valence-corrected chi connectivity index (χ4v) is 5.92. The Hall–Kier alpha value is -3.64. The van der Waals surface area contributed by atoms with Crippen molar-refractivity contribution in [2.24, 2.45) is 0 Å². The Bertz CT molecular complexity index is 1650. The van der Waals surface area contributed by atoms with Gasteiger partial charge < -0.3 is 15.0 Å². The normalized spacial score (nSPS) is 13.4. The zero-order chi connectivity index (χ0) is 27.0. The van der Waals surface area contributed by atoms with Crippen molar-refractivity contribution in [1.29, 1.82) is 0 Å². The second-order valence-corrected chi connectivity index (χ2v) is 11.3. The summed E-state index contributed by atoms with van der Waals surface area (Å²) in [5.74, 6) is -0.905. The minimum absolute atomic E-state index is 0.113. The molecule has 0 unspecified atom stereocenters. The maximum atomic E-state index is 13.5. The topological polar surface area (TPSA) is 134 Å². The van der Waals surface area contributed by atoms with Gasteiger partial charge in [-0.3, -0.25) is 9.59 Å².